The summed E-state index contributed by atoms with van der Waals surface area (Å²) in [5.41, 5.74) is 9.17. The van der Waals surface area contributed by atoms with E-state index in [1.54, 1.807) is 0 Å². The molecule has 5 heteroatoms. The number of hydrogen-bond acceptors (Lipinski definition) is 4. The van der Waals surface area contributed by atoms with Crippen molar-refractivity contribution in [3.05, 3.63) is 54.9 Å². The minimum absolute atomic E-state index is 0.685. The smallest absolute Gasteiger partial charge is 0.153 e. The van der Waals surface area contributed by atoms with E-state index >= 15 is 0 Å². The van der Waals surface area contributed by atoms with E-state index < -0.39 is 0 Å². The van der Waals surface area contributed by atoms with Gasteiger partial charge in [0.05, 0.1) is 5.69 Å². The Balaban J connectivity index is 1.80. The Morgan fingerprint density at radius 2 is 2.00 bits per heavy atom. The first-order valence-electron chi connectivity index (χ1n) is 5.91. The fraction of sp³-hybridized carbons (Fsp3) is 0. The number of nitrogen functional groups attached to an aromatic ring is 1. The lowest BCUT2D eigenvalue weighted by Gasteiger charge is -2.05. The van der Waals surface area contributed by atoms with Crippen LogP contribution >= 0.6 is 0 Å². The number of nitrogens with zero attached hydrogens (tertiary/aromatic N) is 2. The first-order valence-corrected chi connectivity index (χ1v) is 5.91. The summed E-state index contributed by atoms with van der Waals surface area (Å²) in [6.45, 7) is 0. The maximum atomic E-state index is 5.72. The molecule has 2 aromatic heterocycles. The Morgan fingerprint density at radius 1 is 1.05 bits per heavy atom. The van der Waals surface area contributed by atoms with Crippen LogP contribution in [0.5, 0.6) is 0 Å². The Hall–Kier alpha value is -2.82. The molecule has 0 bridgehead atoms. The van der Waals surface area contributed by atoms with Gasteiger partial charge in [0.2, 0.25) is 0 Å². The Kier molecular flexibility index (Phi) is 2.86. The average Bonchev–Trinajstić information content (AvgIpc) is 2.94. The topological polar surface area (TPSA) is 79.6 Å². The monoisotopic (exact) mass is 251 g/mol. The van der Waals surface area contributed by atoms with Gasteiger partial charge in [-0.25, -0.2) is 0 Å². The van der Waals surface area contributed by atoms with Crippen LogP contribution in [0.25, 0.3) is 11.3 Å². The molecule has 0 unspecified atom stereocenters. The largest absolute Gasteiger partial charge is 0.399 e. The van der Waals surface area contributed by atoms with Crippen molar-refractivity contribution in [1.29, 1.82) is 0 Å². The third-order valence-electron chi connectivity index (χ3n) is 2.72. The molecule has 5 nitrogen and oxygen atoms in total. The van der Waals surface area contributed by atoms with Crippen molar-refractivity contribution < 1.29 is 0 Å². The van der Waals surface area contributed by atoms with Gasteiger partial charge in [-0.2, -0.15) is 0 Å². The van der Waals surface area contributed by atoms with E-state index in [9.17, 15) is 0 Å². The molecule has 2 heterocycles. The molecule has 4 N–H and O–H groups in total. The van der Waals surface area contributed by atoms with Gasteiger partial charge in [-0.15, -0.1) is 10.2 Å². The zero-order valence-electron chi connectivity index (χ0n) is 10.2. The molecule has 1 aromatic carbocycles. The predicted molar refractivity (Wildman–Crippen MR) is 76.0 cm³/mol. The van der Waals surface area contributed by atoms with Crippen molar-refractivity contribution in [2.45, 2.75) is 0 Å². The second-order valence-corrected chi connectivity index (χ2v) is 4.15. The number of nitrogens with one attached hydrogen (secondary N) is 2. The summed E-state index contributed by atoms with van der Waals surface area (Å²) < 4.78 is 0. The minimum atomic E-state index is 0.685. The van der Waals surface area contributed by atoms with Crippen LogP contribution < -0.4 is 11.1 Å². The molecule has 0 fully saturated rings. The van der Waals surface area contributed by atoms with Gasteiger partial charge in [0.25, 0.3) is 0 Å². The minimum Gasteiger partial charge on any atom is -0.399 e. The van der Waals surface area contributed by atoms with Gasteiger partial charge >= 0.3 is 0 Å². The number of hydrogen-bond donors (Lipinski definition) is 3. The number of benzene rings is 1. The summed E-state index contributed by atoms with van der Waals surface area (Å²) in [7, 11) is 0. The molecular formula is C14H13N5. The highest BCUT2D eigenvalue weighted by Crippen LogP contribution is 2.19. The van der Waals surface area contributed by atoms with Crippen LogP contribution in [0.3, 0.4) is 0 Å². The van der Waals surface area contributed by atoms with Crippen molar-refractivity contribution >= 4 is 17.2 Å². The van der Waals surface area contributed by atoms with Crippen molar-refractivity contribution in [3.63, 3.8) is 0 Å². The van der Waals surface area contributed by atoms with Crippen molar-refractivity contribution in [2.75, 3.05) is 11.1 Å². The van der Waals surface area contributed by atoms with E-state index in [0.717, 1.165) is 16.9 Å². The van der Waals surface area contributed by atoms with Gasteiger partial charge in [0.15, 0.2) is 5.82 Å². The standard InChI is InChI=1S/C14H13N5/c15-11-2-1-3-12(8-11)17-14-5-4-13(18-19-14)10-6-7-16-9-10/h1-9,16H,15H2,(H,17,19). The highest BCUT2D eigenvalue weighted by molar-refractivity contribution is 5.63. The van der Waals surface area contributed by atoms with Crippen LogP contribution in [0.4, 0.5) is 17.2 Å². The van der Waals surface area contributed by atoms with Crippen molar-refractivity contribution in [2.24, 2.45) is 0 Å². The van der Waals surface area contributed by atoms with Gasteiger partial charge < -0.3 is 16.0 Å². The van der Waals surface area contributed by atoms with E-state index in [1.807, 2.05) is 54.9 Å². The fourth-order valence-corrected chi connectivity index (χ4v) is 1.80. The lowest BCUT2D eigenvalue weighted by molar-refractivity contribution is 1.04. The highest BCUT2D eigenvalue weighted by atomic mass is 15.2. The lowest BCUT2D eigenvalue weighted by atomic mass is 10.2. The SMILES string of the molecule is Nc1cccc(Nc2ccc(-c3cc[nH]c3)nn2)c1. The number of aromatic nitrogens is 3. The van der Waals surface area contributed by atoms with Gasteiger partial charge in [-0.1, -0.05) is 6.07 Å². The maximum absolute atomic E-state index is 5.72. The molecule has 0 aliphatic carbocycles. The van der Waals surface area contributed by atoms with Crippen LogP contribution in [-0.4, -0.2) is 15.2 Å². The van der Waals surface area contributed by atoms with Crippen molar-refractivity contribution in [1.82, 2.24) is 15.2 Å². The number of rotatable bonds is 3. The maximum Gasteiger partial charge on any atom is 0.153 e. The van der Waals surface area contributed by atoms with Crippen LogP contribution in [-0.2, 0) is 0 Å². The third kappa shape index (κ3) is 2.55. The Bertz CT molecular complexity index is 659. The molecule has 19 heavy (non-hydrogen) atoms. The quantitative estimate of drug-likeness (QED) is 0.625. The molecule has 3 rings (SSSR count). The molecule has 0 amide bonds. The number of nitrogens with two attached hydrogens (primary N) is 1. The summed E-state index contributed by atoms with van der Waals surface area (Å²) in [5.74, 6) is 0.685. The zero-order valence-corrected chi connectivity index (χ0v) is 10.2. The third-order valence-corrected chi connectivity index (χ3v) is 2.72. The van der Waals surface area contributed by atoms with E-state index in [1.165, 1.54) is 0 Å². The zero-order chi connectivity index (χ0) is 13.1. The number of anilines is 3. The summed E-state index contributed by atoms with van der Waals surface area (Å²) in [6.07, 6.45) is 3.74. The van der Waals surface area contributed by atoms with E-state index in [4.69, 9.17) is 5.73 Å². The molecule has 94 valence electrons. The molecule has 0 spiro atoms. The molecule has 0 aliphatic rings. The molecule has 0 aliphatic heterocycles. The molecule has 0 atom stereocenters. The van der Waals surface area contributed by atoms with Crippen LogP contribution in [0, 0.1) is 0 Å². The second kappa shape index (κ2) is 4.81. The average molecular weight is 251 g/mol. The highest BCUT2D eigenvalue weighted by Gasteiger charge is 2.01. The summed E-state index contributed by atoms with van der Waals surface area (Å²) in [4.78, 5) is 2.99. The summed E-state index contributed by atoms with van der Waals surface area (Å²) >= 11 is 0. The molecule has 0 saturated heterocycles. The second-order valence-electron chi connectivity index (χ2n) is 4.15. The number of H-pyrrole nitrogens is 1. The van der Waals surface area contributed by atoms with Crippen LogP contribution in [0.2, 0.25) is 0 Å². The predicted octanol–water partition coefficient (Wildman–Crippen LogP) is 2.80. The molecular weight excluding hydrogens is 238 g/mol. The van der Waals surface area contributed by atoms with Gasteiger partial charge in [0.1, 0.15) is 0 Å². The van der Waals surface area contributed by atoms with Gasteiger partial charge in [-0.3, -0.25) is 0 Å². The molecule has 0 saturated carbocycles. The van der Waals surface area contributed by atoms with E-state index in [2.05, 4.69) is 20.5 Å². The van der Waals surface area contributed by atoms with Gasteiger partial charge in [-0.05, 0) is 36.4 Å². The van der Waals surface area contributed by atoms with Crippen LogP contribution in [0.15, 0.2) is 54.9 Å². The summed E-state index contributed by atoms with van der Waals surface area (Å²) in [6, 6.07) is 13.3. The number of aromatic amines is 1. The molecule has 0 radical (unpaired) electrons. The first kappa shape index (κ1) is 11.3. The van der Waals surface area contributed by atoms with E-state index in [-0.39, 0.29) is 0 Å². The van der Waals surface area contributed by atoms with E-state index in [0.29, 0.717) is 11.5 Å². The summed E-state index contributed by atoms with van der Waals surface area (Å²) in [5, 5.41) is 11.5. The normalized spacial score (nSPS) is 10.3. The fourth-order valence-electron chi connectivity index (χ4n) is 1.80. The molecule has 3 aromatic rings. The lowest BCUT2D eigenvalue weighted by Crippen LogP contribution is -1.96. The Morgan fingerprint density at radius 3 is 2.68 bits per heavy atom. The Labute approximate surface area is 110 Å². The first-order chi connectivity index (χ1) is 9.31. The van der Waals surface area contributed by atoms with Crippen LogP contribution in [0.1, 0.15) is 0 Å². The van der Waals surface area contributed by atoms with Gasteiger partial charge in [0, 0.05) is 29.3 Å². The van der Waals surface area contributed by atoms with Crippen molar-refractivity contribution in [3.8, 4) is 11.3 Å².